The van der Waals surface area contributed by atoms with E-state index < -0.39 is 0 Å². The highest BCUT2D eigenvalue weighted by molar-refractivity contribution is 5.89. The SMILES string of the molecule is CCCCCC=CC(=O)CCc1ccc(O)c(OCCc2ccc(O)c(Cc3ccc4c(c3)CC=N[C@@H]4N)c2-c2ccc(O)cc2)c1. The number of aromatic hydroxyl groups is 3. The second-order valence-corrected chi connectivity index (χ2v) is 12.1. The Morgan fingerprint density at radius 3 is 2.53 bits per heavy atom. The quantitative estimate of drug-likeness (QED) is 0.0780. The van der Waals surface area contributed by atoms with Crippen LogP contribution >= 0.6 is 0 Å². The maximum Gasteiger partial charge on any atom is 0.161 e. The summed E-state index contributed by atoms with van der Waals surface area (Å²) in [4.78, 5) is 16.6. The van der Waals surface area contributed by atoms with Crippen LogP contribution in [0.25, 0.3) is 11.1 Å². The predicted octanol–water partition coefficient (Wildman–Crippen LogP) is 7.91. The zero-order valence-corrected chi connectivity index (χ0v) is 27.0. The Morgan fingerprint density at radius 1 is 0.936 bits per heavy atom. The van der Waals surface area contributed by atoms with E-state index in [1.807, 2.05) is 48.7 Å². The molecule has 0 fully saturated rings. The molecule has 1 heterocycles. The van der Waals surface area contributed by atoms with Gasteiger partial charge in [-0.05, 0) is 94.6 Å². The molecule has 1 atom stereocenters. The smallest absolute Gasteiger partial charge is 0.161 e. The molecule has 0 unspecified atom stereocenters. The molecule has 0 saturated carbocycles. The maximum atomic E-state index is 12.3. The molecule has 7 nitrogen and oxygen atoms in total. The van der Waals surface area contributed by atoms with Gasteiger partial charge in [0, 0.05) is 37.5 Å². The van der Waals surface area contributed by atoms with Gasteiger partial charge in [-0.1, -0.05) is 68.3 Å². The fraction of sp³-hybridized carbons (Fsp3) is 0.300. The first-order chi connectivity index (χ1) is 22.8. The molecule has 5 N–H and O–H groups in total. The Morgan fingerprint density at radius 2 is 1.72 bits per heavy atom. The van der Waals surface area contributed by atoms with E-state index in [1.165, 1.54) is 6.42 Å². The Kier molecular flexibility index (Phi) is 11.5. The van der Waals surface area contributed by atoms with Gasteiger partial charge in [-0.25, -0.2) is 0 Å². The second-order valence-electron chi connectivity index (χ2n) is 12.1. The zero-order valence-electron chi connectivity index (χ0n) is 27.0. The Hall–Kier alpha value is -4.88. The van der Waals surface area contributed by atoms with Gasteiger partial charge >= 0.3 is 0 Å². The van der Waals surface area contributed by atoms with Crippen LogP contribution in [0, 0.1) is 0 Å². The molecule has 244 valence electrons. The van der Waals surface area contributed by atoms with Gasteiger partial charge in [0.25, 0.3) is 0 Å². The lowest BCUT2D eigenvalue weighted by atomic mass is 9.88. The van der Waals surface area contributed by atoms with Crippen molar-refractivity contribution in [2.24, 2.45) is 10.7 Å². The highest BCUT2D eigenvalue weighted by Gasteiger charge is 2.19. The molecule has 1 aliphatic heterocycles. The molecule has 4 aromatic rings. The van der Waals surface area contributed by atoms with Crippen LogP contribution in [0.4, 0.5) is 0 Å². The number of nitrogens with two attached hydrogens (primary N) is 1. The molecule has 0 spiro atoms. The van der Waals surface area contributed by atoms with Gasteiger partial charge in [0.15, 0.2) is 17.3 Å². The number of ketones is 1. The van der Waals surface area contributed by atoms with Gasteiger partial charge in [-0.15, -0.1) is 0 Å². The van der Waals surface area contributed by atoms with Gasteiger partial charge < -0.3 is 25.8 Å². The number of hydrogen-bond donors (Lipinski definition) is 4. The minimum Gasteiger partial charge on any atom is -0.508 e. The Balaban J connectivity index is 1.31. The molecule has 5 rings (SSSR count). The number of nitrogens with zero attached hydrogens (tertiary/aromatic N) is 1. The molecule has 0 aromatic heterocycles. The number of ether oxygens (including phenoxy) is 1. The first-order valence-electron chi connectivity index (χ1n) is 16.5. The number of phenolic OH excluding ortho intramolecular Hbond substituents is 3. The lowest BCUT2D eigenvalue weighted by Crippen LogP contribution is -2.15. The summed E-state index contributed by atoms with van der Waals surface area (Å²) in [7, 11) is 0. The number of hydrogen-bond acceptors (Lipinski definition) is 7. The highest BCUT2D eigenvalue weighted by atomic mass is 16.5. The first kappa shape index (κ1) is 33.5. The van der Waals surface area contributed by atoms with Crippen molar-refractivity contribution < 1.29 is 24.9 Å². The molecule has 0 amide bonds. The number of benzene rings is 4. The van der Waals surface area contributed by atoms with Crippen molar-refractivity contribution in [2.75, 3.05) is 6.61 Å². The number of carbonyl (C=O) groups excluding carboxylic acids is 1. The molecule has 47 heavy (non-hydrogen) atoms. The standard InChI is InChI=1S/C40H44N2O5/c1-2-3-4-5-6-7-32(43)14-8-27-10-18-37(46)38(26-27)47-23-21-30-13-19-36(45)35(39(30)29-11-15-33(44)16-12-29)25-28-9-17-34-31(24-28)20-22-42-40(34)41/h6-7,9-13,15-19,22,24,26,40,44-46H,2-5,8,14,20-21,23,25,41H2,1H3/t40-/m0/s1. The van der Waals surface area contributed by atoms with Gasteiger partial charge in [0.1, 0.15) is 17.7 Å². The van der Waals surface area contributed by atoms with E-state index >= 15 is 0 Å². The molecular weight excluding hydrogens is 588 g/mol. The van der Waals surface area contributed by atoms with Crippen LogP contribution in [0.5, 0.6) is 23.0 Å². The van der Waals surface area contributed by atoms with Gasteiger partial charge in [0.05, 0.1) is 6.61 Å². The third-order valence-corrected chi connectivity index (χ3v) is 8.61. The Labute approximate surface area is 277 Å². The number of allylic oxidation sites excluding steroid dienone is 2. The molecule has 7 heteroatoms. The number of aliphatic imine (C=N–C) groups is 1. The number of aryl methyl sites for hydroxylation is 1. The summed E-state index contributed by atoms with van der Waals surface area (Å²) in [5.41, 5.74) is 13.7. The van der Waals surface area contributed by atoms with Crippen LogP contribution in [0.1, 0.15) is 78.6 Å². The molecule has 0 bridgehead atoms. The minimum atomic E-state index is -0.359. The molecule has 1 aliphatic rings. The summed E-state index contributed by atoms with van der Waals surface area (Å²) in [6.07, 6.45) is 12.1. The number of rotatable bonds is 15. The van der Waals surface area contributed by atoms with Crippen molar-refractivity contribution in [1.29, 1.82) is 0 Å². The third kappa shape index (κ3) is 8.89. The van der Waals surface area contributed by atoms with E-state index in [9.17, 15) is 20.1 Å². The minimum absolute atomic E-state index is 0.0400. The molecule has 0 radical (unpaired) electrons. The third-order valence-electron chi connectivity index (χ3n) is 8.61. The monoisotopic (exact) mass is 632 g/mol. The normalized spacial score (nSPS) is 14.0. The van der Waals surface area contributed by atoms with Crippen molar-refractivity contribution in [3.8, 4) is 34.1 Å². The number of carbonyl (C=O) groups is 1. The topological polar surface area (TPSA) is 125 Å². The molecule has 0 saturated heterocycles. The van der Waals surface area contributed by atoms with Crippen molar-refractivity contribution in [3.05, 3.63) is 118 Å². The summed E-state index contributed by atoms with van der Waals surface area (Å²) in [5, 5.41) is 31.6. The van der Waals surface area contributed by atoms with Crippen LogP contribution in [0.15, 0.2) is 89.9 Å². The van der Waals surface area contributed by atoms with Crippen molar-refractivity contribution in [2.45, 2.75) is 70.9 Å². The van der Waals surface area contributed by atoms with Gasteiger partial charge in [-0.3, -0.25) is 9.79 Å². The van der Waals surface area contributed by atoms with E-state index in [-0.39, 0.29) is 35.8 Å². The van der Waals surface area contributed by atoms with Crippen LogP contribution in [0.3, 0.4) is 0 Å². The Bertz CT molecular complexity index is 1740. The van der Waals surface area contributed by atoms with Crippen LogP contribution in [0.2, 0.25) is 0 Å². The van der Waals surface area contributed by atoms with Crippen LogP contribution in [-0.2, 0) is 30.5 Å². The molecular formula is C40H44N2O5. The summed E-state index contributed by atoms with van der Waals surface area (Å²) in [6.45, 7) is 2.44. The molecule has 0 aliphatic carbocycles. The fourth-order valence-electron chi connectivity index (χ4n) is 6.02. The van der Waals surface area contributed by atoms with E-state index in [0.717, 1.165) is 63.8 Å². The van der Waals surface area contributed by atoms with Crippen LogP contribution < -0.4 is 10.5 Å². The van der Waals surface area contributed by atoms with E-state index in [0.29, 0.717) is 37.9 Å². The molecule has 4 aromatic carbocycles. The van der Waals surface area contributed by atoms with Crippen LogP contribution in [-0.4, -0.2) is 33.9 Å². The lowest BCUT2D eigenvalue weighted by molar-refractivity contribution is -0.114. The number of fused-ring (bicyclic) bond motifs is 1. The van der Waals surface area contributed by atoms with Crippen molar-refractivity contribution >= 4 is 12.0 Å². The average Bonchev–Trinajstić information content (AvgIpc) is 3.07. The zero-order chi connectivity index (χ0) is 33.2. The van der Waals surface area contributed by atoms with Gasteiger partial charge in [0.2, 0.25) is 0 Å². The number of unbranched alkanes of at least 4 members (excludes halogenated alkanes) is 3. The average molecular weight is 633 g/mol. The summed E-state index contributed by atoms with van der Waals surface area (Å²) in [5.74, 6) is 0.844. The predicted molar refractivity (Wildman–Crippen MR) is 187 cm³/mol. The first-order valence-corrected chi connectivity index (χ1v) is 16.5. The summed E-state index contributed by atoms with van der Waals surface area (Å²) < 4.78 is 6.09. The van der Waals surface area contributed by atoms with E-state index in [1.54, 1.807) is 36.4 Å². The van der Waals surface area contributed by atoms with E-state index in [2.05, 4.69) is 18.0 Å². The lowest BCUT2D eigenvalue weighted by Gasteiger charge is -2.20. The van der Waals surface area contributed by atoms with E-state index in [4.69, 9.17) is 10.5 Å². The van der Waals surface area contributed by atoms with Gasteiger partial charge in [-0.2, -0.15) is 0 Å². The second kappa shape index (κ2) is 16.1. The summed E-state index contributed by atoms with van der Waals surface area (Å²) >= 11 is 0. The largest absolute Gasteiger partial charge is 0.508 e. The highest BCUT2D eigenvalue weighted by Crippen LogP contribution is 2.37. The van der Waals surface area contributed by atoms with Crippen molar-refractivity contribution in [3.63, 3.8) is 0 Å². The number of phenols is 3. The maximum absolute atomic E-state index is 12.3. The summed E-state index contributed by atoms with van der Waals surface area (Å²) in [6, 6.07) is 22.0. The fourth-order valence-corrected chi connectivity index (χ4v) is 6.02. The van der Waals surface area contributed by atoms with Crippen molar-refractivity contribution in [1.82, 2.24) is 0 Å².